The van der Waals surface area contributed by atoms with Crippen LogP contribution in [0.15, 0.2) is 48.8 Å². The second kappa shape index (κ2) is 33.7. The van der Waals surface area contributed by atoms with Crippen LogP contribution < -0.4 is 9.47 Å². The van der Waals surface area contributed by atoms with Crippen LogP contribution in [0.4, 0.5) is 5.69 Å². The minimum atomic E-state index is 1.11. The van der Waals surface area contributed by atoms with Crippen molar-refractivity contribution in [2.75, 3.05) is 18.0 Å². The quantitative estimate of drug-likeness (QED) is 0.0507. The van der Waals surface area contributed by atoms with E-state index in [1.54, 1.807) is 0 Å². The smallest absolute Gasteiger partial charge is 0.169 e. The maximum Gasteiger partial charge on any atom is 0.169 e. The molecule has 2 nitrogen and oxygen atoms in total. The van der Waals surface area contributed by atoms with E-state index in [9.17, 15) is 0 Å². The highest BCUT2D eigenvalue weighted by Crippen LogP contribution is 2.21. The highest BCUT2D eigenvalue weighted by Gasteiger charge is 2.07. The molecule has 290 valence electrons. The zero-order valence-corrected chi connectivity index (χ0v) is 34.5. The van der Waals surface area contributed by atoms with Gasteiger partial charge in [-0.25, -0.2) is 4.57 Å². The van der Waals surface area contributed by atoms with Gasteiger partial charge in [-0.05, 0) is 36.1 Å². The van der Waals surface area contributed by atoms with Gasteiger partial charge in [0.2, 0.25) is 0 Å². The molecular formula is C49H85N2+. The van der Waals surface area contributed by atoms with Gasteiger partial charge in [0.15, 0.2) is 12.4 Å². The van der Waals surface area contributed by atoms with Gasteiger partial charge in [0.1, 0.15) is 6.54 Å². The summed E-state index contributed by atoms with van der Waals surface area (Å²) in [5, 5.41) is 0. The minimum Gasteiger partial charge on any atom is -0.372 e. The predicted molar refractivity (Wildman–Crippen MR) is 230 cm³/mol. The van der Waals surface area contributed by atoms with Crippen LogP contribution in [0.3, 0.4) is 0 Å². The van der Waals surface area contributed by atoms with Crippen LogP contribution in [0.25, 0.3) is 12.2 Å². The fraction of sp³-hybridized carbons (Fsp3) is 0.735. The molecule has 1 aromatic heterocycles. The van der Waals surface area contributed by atoms with Crippen molar-refractivity contribution in [1.82, 2.24) is 0 Å². The van der Waals surface area contributed by atoms with Crippen LogP contribution in [-0.4, -0.2) is 13.1 Å². The molecule has 1 aromatic carbocycles. The molecule has 0 N–H and O–H groups in total. The molecule has 0 saturated heterocycles. The van der Waals surface area contributed by atoms with Crippen molar-refractivity contribution in [2.24, 2.45) is 0 Å². The largest absolute Gasteiger partial charge is 0.372 e. The first kappa shape index (κ1) is 45.1. The van der Waals surface area contributed by atoms with Gasteiger partial charge in [0, 0.05) is 37.3 Å². The molecular weight excluding hydrogens is 617 g/mol. The zero-order valence-electron chi connectivity index (χ0n) is 34.5. The van der Waals surface area contributed by atoms with Crippen molar-refractivity contribution in [1.29, 1.82) is 0 Å². The average Bonchev–Trinajstić information content (AvgIpc) is 3.16. The summed E-state index contributed by atoms with van der Waals surface area (Å²) in [7, 11) is 0. The molecule has 1 heterocycles. The summed E-state index contributed by atoms with van der Waals surface area (Å²) in [6.07, 6.45) is 51.3. The normalized spacial score (nSPS) is 11.6. The summed E-state index contributed by atoms with van der Waals surface area (Å²) in [4.78, 5) is 2.70. The van der Waals surface area contributed by atoms with E-state index in [0.29, 0.717) is 0 Å². The topological polar surface area (TPSA) is 7.12 Å². The molecule has 2 aromatic rings. The first-order chi connectivity index (χ1) is 25.3. The van der Waals surface area contributed by atoms with Crippen molar-refractivity contribution >= 4 is 17.8 Å². The van der Waals surface area contributed by atoms with Gasteiger partial charge in [-0.15, -0.1) is 0 Å². The molecule has 2 rings (SSSR count). The minimum absolute atomic E-state index is 1.11. The summed E-state index contributed by atoms with van der Waals surface area (Å²) in [6.45, 7) is 10.4. The molecule has 0 bridgehead atoms. The Hall–Kier alpha value is -2.09. The third-order valence-electron chi connectivity index (χ3n) is 11.0. The fourth-order valence-electron chi connectivity index (χ4n) is 7.42. The summed E-state index contributed by atoms with van der Waals surface area (Å²) in [5.74, 6) is 0. The average molecular weight is 702 g/mol. The van der Waals surface area contributed by atoms with E-state index in [4.69, 9.17) is 0 Å². The summed E-state index contributed by atoms with van der Waals surface area (Å²) < 4.78 is 2.29. The second-order valence-electron chi connectivity index (χ2n) is 15.8. The van der Waals surface area contributed by atoms with Crippen molar-refractivity contribution in [3.63, 3.8) is 0 Å². The number of nitrogens with zero attached hydrogens (tertiary/aromatic N) is 2. The zero-order chi connectivity index (χ0) is 36.3. The van der Waals surface area contributed by atoms with E-state index >= 15 is 0 Å². The molecule has 0 unspecified atom stereocenters. The first-order valence-electron chi connectivity index (χ1n) is 22.8. The number of hydrogen-bond acceptors (Lipinski definition) is 1. The molecule has 51 heavy (non-hydrogen) atoms. The maximum atomic E-state index is 2.70. The summed E-state index contributed by atoms with van der Waals surface area (Å²) in [5.41, 5.74) is 3.96. The molecule has 0 atom stereocenters. The van der Waals surface area contributed by atoms with E-state index in [1.807, 2.05) is 0 Å². The van der Waals surface area contributed by atoms with Gasteiger partial charge >= 0.3 is 0 Å². The van der Waals surface area contributed by atoms with Crippen LogP contribution >= 0.6 is 0 Å². The lowest BCUT2D eigenvalue weighted by molar-refractivity contribution is -0.697. The van der Waals surface area contributed by atoms with Gasteiger partial charge in [-0.3, -0.25) is 0 Å². The number of aryl methyl sites for hydroxylation is 1. The van der Waals surface area contributed by atoms with Crippen LogP contribution in [0.2, 0.25) is 0 Å². The lowest BCUT2D eigenvalue weighted by Gasteiger charge is -2.25. The molecule has 0 aliphatic carbocycles. The van der Waals surface area contributed by atoms with Crippen molar-refractivity contribution in [3.8, 4) is 0 Å². The molecule has 0 aliphatic heterocycles. The molecule has 0 amide bonds. The monoisotopic (exact) mass is 702 g/mol. The Morgan fingerprint density at radius 2 is 0.686 bits per heavy atom. The third-order valence-corrected chi connectivity index (χ3v) is 11.0. The number of benzene rings is 1. The van der Waals surface area contributed by atoms with Gasteiger partial charge in [-0.2, -0.15) is 0 Å². The summed E-state index contributed by atoms with van der Waals surface area (Å²) >= 11 is 0. The second-order valence-corrected chi connectivity index (χ2v) is 15.8. The van der Waals surface area contributed by atoms with E-state index in [2.05, 4.69) is 91.2 Å². The SMILES string of the molecule is CCCCCCCCCCCCCCCCN(CCCCCCCCCCCCCCCC)c1ccc(/C=C/c2cc[n+](CCCC)cc2)cc1. The van der Waals surface area contributed by atoms with E-state index in [-0.39, 0.29) is 0 Å². The molecule has 0 aliphatic rings. The maximum absolute atomic E-state index is 2.70. The van der Waals surface area contributed by atoms with Crippen molar-refractivity contribution in [2.45, 2.75) is 220 Å². The van der Waals surface area contributed by atoms with Gasteiger partial charge < -0.3 is 4.90 Å². The molecule has 0 saturated carbocycles. The van der Waals surface area contributed by atoms with Gasteiger partial charge in [0.05, 0.1) is 0 Å². The highest BCUT2D eigenvalue weighted by atomic mass is 15.1. The lowest BCUT2D eigenvalue weighted by Crippen LogP contribution is -2.32. The predicted octanol–water partition coefficient (Wildman–Crippen LogP) is 15.7. The first-order valence-corrected chi connectivity index (χ1v) is 22.8. The van der Waals surface area contributed by atoms with Crippen LogP contribution in [0.5, 0.6) is 0 Å². The van der Waals surface area contributed by atoms with Gasteiger partial charge in [0.25, 0.3) is 0 Å². The van der Waals surface area contributed by atoms with Crippen LogP contribution in [0, 0.1) is 0 Å². The lowest BCUT2D eigenvalue weighted by atomic mass is 10.0. The third kappa shape index (κ3) is 25.5. The van der Waals surface area contributed by atoms with Gasteiger partial charge in [-0.1, -0.05) is 218 Å². The number of anilines is 1. The highest BCUT2D eigenvalue weighted by molar-refractivity contribution is 5.70. The Labute approximate surface area is 319 Å². The van der Waals surface area contributed by atoms with E-state index < -0.39 is 0 Å². The number of unbranched alkanes of at least 4 members (excludes halogenated alkanes) is 27. The van der Waals surface area contributed by atoms with Crippen molar-refractivity contribution < 1.29 is 4.57 Å². The Morgan fingerprint density at radius 3 is 1.04 bits per heavy atom. The summed E-state index contributed by atoms with van der Waals surface area (Å²) in [6, 6.07) is 13.8. The molecule has 0 fully saturated rings. The van der Waals surface area contributed by atoms with E-state index in [0.717, 1.165) is 6.54 Å². The number of aromatic nitrogens is 1. The Morgan fingerprint density at radius 1 is 0.373 bits per heavy atom. The standard InChI is InChI=1S/C49H85N2/c1-4-7-10-12-14-16-18-20-22-24-26-28-30-32-43-51(44-33-31-29-27-25-23-21-19-17-15-13-11-8-5-2)49-38-36-47(37-39-49)34-35-48-40-45-50(46-41-48)42-9-6-3/h34-41,45-46H,4-33,42-44H2,1-3H3/q+1. The molecule has 0 spiro atoms. The van der Waals surface area contributed by atoms with E-state index in [1.165, 1.54) is 223 Å². The Balaban J connectivity index is 1.70. The Bertz CT molecular complexity index is 991. The number of hydrogen-bond donors (Lipinski definition) is 0. The number of pyridine rings is 1. The molecule has 0 radical (unpaired) electrons. The van der Waals surface area contributed by atoms with Crippen molar-refractivity contribution in [3.05, 3.63) is 59.9 Å². The Kier molecular flexibility index (Phi) is 29.8. The van der Waals surface area contributed by atoms with Crippen LogP contribution in [-0.2, 0) is 6.54 Å². The fourth-order valence-corrected chi connectivity index (χ4v) is 7.42. The number of rotatable bonds is 36. The molecule has 2 heteroatoms. The van der Waals surface area contributed by atoms with Crippen LogP contribution in [0.1, 0.15) is 225 Å².